The van der Waals surface area contributed by atoms with Gasteiger partial charge in [-0.2, -0.15) is 0 Å². The molecule has 0 atom stereocenters. The Labute approximate surface area is 321 Å². The average molecular weight is 762 g/mol. The van der Waals surface area contributed by atoms with Crippen LogP contribution in [0, 0.1) is 34.9 Å². The molecule has 0 saturated heterocycles. The third kappa shape index (κ3) is 5.77. The van der Waals surface area contributed by atoms with Crippen LogP contribution in [0.3, 0.4) is 0 Å². The first kappa shape index (κ1) is 34.5. The van der Waals surface area contributed by atoms with Crippen molar-refractivity contribution >= 4 is 71.4 Å². The predicted octanol–water partition coefficient (Wildman–Crippen LogP) is 13.5. The first-order valence-electron chi connectivity index (χ1n) is 18.3. The zero-order valence-corrected chi connectivity index (χ0v) is 30.0. The Balaban J connectivity index is 1.17. The molecule has 0 aliphatic carbocycles. The third-order valence-electron chi connectivity index (χ3n) is 10.9. The van der Waals surface area contributed by atoms with Crippen LogP contribution in [0.1, 0.15) is 11.1 Å². The Morgan fingerprint density at radius 3 is 1.23 bits per heavy atom. The van der Waals surface area contributed by atoms with Gasteiger partial charge in [-0.3, -0.25) is 0 Å². The van der Waals surface area contributed by atoms with Gasteiger partial charge in [0.2, 0.25) is 0 Å². The topological polar surface area (TPSA) is 13.1 Å². The van der Waals surface area contributed by atoms with Crippen molar-refractivity contribution in [1.29, 1.82) is 0 Å². The maximum Gasteiger partial charge on any atom is 0.134 e. The molecular formula is C48H29F6N3. The fourth-order valence-corrected chi connectivity index (χ4v) is 8.23. The van der Waals surface area contributed by atoms with Crippen LogP contribution in [0.15, 0.2) is 152 Å². The summed E-state index contributed by atoms with van der Waals surface area (Å²) in [6.07, 6.45) is 0. The highest BCUT2D eigenvalue weighted by Crippen LogP contribution is 2.42. The van der Waals surface area contributed by atoms with Gasteiger partial charge in [-0.25, -0.2) is 26.3 Å². The number of benzene rings is 8. The summed E-state index contributed by atoms with van der Waals surface area (Å²) in [5.74, 6) is -5.78. The number of anilines is 3. The van der Waals surface area contributed by atoms with Gasteiger partial charge in [0.1, 0.15) is 34.9 Å². The number of fused-ring (bicyclic) bond motifs is 7. The van der Waals surface area contributed by atoms with Crippen molar-refractivity contribution in [2.75, 3.05) is 4.90 Å². The van der Waals surface area contributed by atoms with E-state index in [1.54, 1.807) is 0 Å². The molecule has 10 rings (SSSR count). The zero-order chi connectivity index (χ0) is 38.9. The molecule has 0 aliphatic rings. The molecule has 2 heterocycles. The number of para-hydroxylation sites is 2. The fraction of sp³-hybridized carbons (Fsp3) is 0.0417. The SMILES string of the molecule is Fc1cc(F)c(Cn2c3ccccc3c3cc(N(c4ccc5ccccc5c4)c4ccc5c(c4)c4ccccc4n5Cc4c(F)cc(F)cc4F)ccc32)c(F)c1. The Kier molecular flexibility index (Phi) is 8.07. The van der Waals surface area contributed by atoms with Gasteiger partial charge in [0.15, 0.2) is 0 Å². The van der Waals surface area contributed by atoms with E-state index >= 15 is 0 Å². The van der Waals surface area contributed by atoms with E-state index < -0.39 is 34.9 Å². The van der Waals surface area contributed by atoms with Crippen molar-refractivity contribution in [3.63, 3.8) is 0 Å². The monoisotopic (exact) mass is 761 g/mol. The summed E-state index contributed by atoms with van der Waals surface area (Å²) < 4.78 is 91.3. The Hall–Kier alpha value is -7.00. The van der Waals surface area contributed by atoms with Crippen molar-refractivity contribution < 1.29 is 26.3 Å². The van der Waals surface area contributed by atoms with Gasteiger partial charge in [-0.05, 0) is 71.4 Å². The second-order valence-electron chi connectivity index (χ2n) is 14.2. The Morgan fingerprint density at radius 1 is 0.351 bits per heavy atom. The number of rotatable bonds is 7. The van der Waals surface area contributed by atoms with E-state index in [4.69, 9.17) is 0 Å². The van der Waals surface area contributed by atoms with E-state index in [1.807, 2.05) is 124 Å². The Morgan fingerprint density at radius 2 is 0.737 bits per heavy atom. The van der Waals surface area contributed by atoms with Crippen LogP contribution in [-0.4, -0.2) is 9.13 Å². The van der Waals surface area contributed by atoms with E-state index in [1.165, 1.54) is 0 Å². The first-order chi connectivity index (χ1) is 27.7. The van der Waals surface area contributed by atoms with Gasteiger partial charge >= 0.3 is 0 Å². The Bertz CT molecular complexity index is 3010. The van der Waals surface area contributed by atoms with Crippen LogP contribution in [-0.2, 0) is 13.1 Å². The maximum atomic E-state index is 15.0. The van der Waals surface area contributed by atoms with E-state index in [0.29, 0.717) is 24.3 Å². The van der Waals surface area contributed by atoms with E-state index in [0.717, 1.165) is 71.4 Å². The van der Waals surface area contributed by atoms with Gasteiger partial charge in [-0.1, -0.05) is 66.7 Å². The molecular weight excluding hydrogens is 733 g/mol. The second-order valence-corrected chi connectivity index (χ2v) is 14.2. The van der Waals surface area contributed by atoms with Crippen molar-refractivity contribution in [2.45, 2.75) is 13.1 Å². The molecule has 2 aromatic heterocycles. The number of nitrogens with zero attached hydrogens (tertiary/aromatic N) is 3. The molecule has 0 aliphatic heterocycles. The second kappa shape index (κ2) is 13.3. The standard InChI is InChI=1S/C48H29F6N3/c49-30-20-41(51)39(42(52)21-30)26-55-45-11-5-3-9-35(45)37-24-33(15-17-47(37)55)57(32-14-13-28-7-1-2-8-29(28)19-32)34-16-18-48-38(25-34)36-10-4-6-12-46(36)56(48)27-40-43(53)22-31(50)23-44(40)54/h1-25H,26-27H2. The summed E-state index contributed by atoms with van der Waals surface area (Å²) in [6, 6.07) is 44.2. The highest BCUT2D eigenvalue weighted by molar-refractivity contribution is 6.11. The normalized spacial score (nSPS) is 11.8. The summed E-state index contributed by atoms with van der Waals surface area (Å²) in [5, 5.41) is 5.53. The van der Waals surface area contributed by atoms with E-state index in [2.05, 4.69) is 17.0 Å². The molecule has 0 bridgehead atoms. The molecule has 0 radical (unpaired) electrons. The first-order valence-corrected chi connectivity index (χ1v) is 18.3. The molecule has 0 unspecified atom stereocenters. The lowest BCUT2D eigenvalue weighted by Crippen LogP contribution is -2.10. The number of hydrogen-bond acceptors (Lipinski definition) is 1. The summed E-state index contributed by atoms with van der Waals surface area (Å²) >= 11 is 0. The van der Waals surface area contributed by atoms with E-state index in [9.17, 15) is 26.3 Å². The van der Waals surface area contributed by atoms with Crippen LogP contribution in [0.4, 0.5) is 43.4 Å². The quantitative estimate of drug-likeness (QED) is 0.147. The molecule has 0 fully saturated rings. The highest BCUT2D eigenvalue weighted by atomic mass is 19.2. The van der Waals surface area contributed by atoms with Crippen molar-refractivity contribution in [3.8, 4) is 0 Å². The largest absolute Gasteiger partial charge is 0.336 e. The molecule has 0 amide bonds. The van der Waals surface area contributed by atoms with Crippen molar-refractivity contribution in [2.24, 2.45) is 0 Å². The summed E-state index contributed by atoms with van der Waals surface area (Å²) in [4.78, 5) is 2.13. The minimum Gasteiger partial charge on any atom is -0.336 e. The summed E-state index contributed by atoms with van der Waals surface area (Å²) in [6.45, 7) is -0.301. The molecule has 0 spiro atoms. The third-order valence-corrected chi connectivity index (χ3v) is 10.9. The van der Waals surface area contributed by atoms with Gasteiger partial charge in [0.05, 0.1) is 13.1 Å². The predicted molar refractivity (Wildman–Crippen MR) is 215 cm³/mol. The smallest absolute Gasteiger partial charge is 0.134 e. The highest BCUT2D eigenvalue weighted by Gasteiger charge is 2.22. The van der Waals surface area contributed by atoms with Gasteiger partial charge in [0.25, 0.3) is 0 Å². The summed E-state index contributed by atoms with van der Waals surface area (Å²) in [5.41, 5.74) is 4.99. The molecule has 0 N–H and O–H groups in total. The van der Waals surface area contributed by atoms with Crippen molar-refractivity contribution in [1.82, 2.24) is 9.13 Å². The van der Waals surface area contributed by atoms with Crippen LogP contribution in [0.5, 0.6) is 0 Å². The lowest BCUT2D eigenvalue weighted by Gasteiger charge is -2.26. The van der Waals surface area contributed by atoms with Gasteiger partial charge in [-0.15, -0.1) is 0 Å². The van der Waals surface area contributed by atoms with Gasteiger partial charge < -0.3 is 14.0 Å². The van der Waals surface area contributed by atoms with E-state index in [-0.39, 0.29) is 24.2 Å². The maximum absolute atomic E-state index is 15.0. The molecule has 0 saturated carbocycles. The molecule has 3 nitrogen and oxygen atoms in total. The molecule has 10 aromatic rings. The van der Waals surface area contributed by atoms with Gasteiger partial charge in [0, 0.05) is 96.1 Å². The molecule has 57 heavy (non-hydrogen) atoms. The minimum absolute atomic E-state index is 0.151. The zero-order valence-electron chi connectivity index (χ0n) is 30.0. The summed E-state index contributed by atoms with van der Waals surface area (Å²) in [7, 11) is 0. The average Bonchev–Trinajstić information content (AvgIpc) is 3.69. The van der Waals surface area contributed by atoms with Crippen LogP contribution in [0.25, 0.3) is 54.4 Å². The number of hydrogen-bond donors (Lipinski definition) is 0. The minimum atomic E-state index is -0.979. The lowest BCUT2D eigenvalue weighted by molar-refractivity contribution is 0.518. The molecule has 278 valence electrons. The number of halogens is 6. The van der Waals surface area contributed by atoms with Crippen LogP contribution >= 0.6 is 0 Å². The van der Waals surface area contributed by atoms with Crippen LogP contribution in [0.2, 0.25) is 0 Å². The van der Waals surface area contributed by atoms with Crippen LogP contribution < -0.4 is 4.90 Å². The molecule has 8 aromatic carbocycles. The fourth-order valence-electron chi connectivity index (χ4n) is 8.23. The lowest BCUT2D eigenvalue weighted by atomic mass is 10.1. The molecule has 9 heteroatoms. The van der Waals surface area contributed by atoms with Crippen molar-refractivity contribution in [3.05, 3.63) is 198 Å². The number of aromatic nitrogens is 2.